The molecule has 2 aromatic rings. The van der Waals surface area contributed by atoms with E-state index >= 15 is 0 Å². The van der Waals surface area contributed by atoms with E-state index in [0.717, 1.165) is 5.82 Å². The molecule has 2 rings (SSSR count). The molecule has 88 valence electrons. The lowest BCUT2D eigenvalue weighted by molar-refractivity contribution is 0.0949. The van der Waals surface area contributed by atoms with Crippen LogP contribution in [0.25, 0.3) is 0 Å². The summed E-state index contributed by atoms with van der Waals surface area (Å²) in [5.41, 5.74) is 0.431. The van der Waals surface area contributed by atoms with Crippen LogP contribution in [-0.2, 0) is 13.6 Å². The molecule has 1 heterocycles. The van der Waals surface area contributed by atoms with Gasteiger partial charge in [-0.25, -0.2) is 9.37 Å². The van der Waals surface area contributed by atoms with Gasteiger partial charge < -0.3 is 9.88 Å². The molecule has 0 radical (unpaired) electrons. The molecule has 0 saturated carbocycles. The number of nitrogens with one attached hydrogen (secondary N) is 1. The van der Waals surface area contributed by atoms with E-state index in [4.69, 9.17) is 0 Å². The molecule has 1 aromatic heterocycles. The van der Waals surface area contributed by atoms with Crippen LogP contribution in [0.5, 0.6) is 0 Å². The lowest BCUT2D eigenvalue weighted by Crippen LogP contribution is -2.24. The molecule has 0 fully saturated rings. The van der Waals surface area contributed by atoms with Crippen molar-refractivity contribution in [2.24, 2.45) is 7.05 Å². The molecule has 1 N–H and O–H groups in total. The van der Waals surface area contributed by atoms with Gasteiger partial charge in [-0.1, -0.05) is 0 Å². The summed E-state index contributed by atoms with van der Waals surface area (Å²) < 4.78 is 14.5. The largest absolute Gasteiger partial charge is 0.345 e. The van der Waals surface area contributed by atoms with E-state index < -0.39 is 0 Å². The van der Waals surface area contributed by atoms with E-state index in [1.54, 1.807) is 12.4 Å². The number of rotatable bonds is 3. The van der Waals surface area contributed by atoms with E-state index in [-0.39, 0.29) is 11.7 Å². The number of hydrogen-bond donors (Lipinski definition) is 1. The maximum Gasteiger partial charge on any atom is 0.251 e. The minimum absolute atomic E-state index is 0.243. The Hall–Kier alpha value is -2.17. The van der Waals surface area contributed by atoms with Crippen molar-refractivity contribution in [2.75, 3.05) is 0 Å². The van der Waals surface area contributed by atoms with Crippen molar-refractivity contribution in [1.82, 2.24) is 14.9 Å². The number of benzene rings is 1. The van der Waals surface area contributed by atoms with Gasteiger partial charge in [0.1, 0.15) is 11.6 Å². The number of nitrogens with zero attached hydrogens (tertiary/aromatic N) is 2. The lowest BCUT2D eigenvalue weighted by atomic mass is 10.2. The Labute approximate surface area is 98.1 Å². The first kappa shape index (κ1) is 11.3. The summed E-state index contributed by atoms with van der Waals surface area (Å²) in [6.45, 7) is 0.347. The number of imidazole rings is 1. The molecule has 1 aromatic carbocycles. The molecule has 0 aliphatic heterocycles. The SMILES string of the molecule is Cn1ccnc1CNC(=O)c1ccc(F)cc1. The Morgan fingerprint density at radius 3 is 2.71 bits per heavy atom. The van der Waals surface area contributed by atoms with Crippen molar-refractivity contribution >= 4 is 5.91 Å². The molecule has 0 atom stereocenters. The molecule has 0 spiro atoms. The molecule has 0 aliphatic carbocycles. The summed E-state index contributed by atoms with van der Waals surface area (Å²) in [5.74, 6) is 0.166. The molecule has 4 nitrogen and oxygen atoms in total. The molecule has 17 heavy (non-hydrogen) atoms. The molecular formula is C12H12FN3O. The van der Waals surface area contributed by atoms with E-state index in [0.29, 0.717) is 12.1 Å². The van der Waals surface area contributed by atoms with Gasteiger partial charge in [-0.3, -0.25) is 4.79 Å². The van der Waals surface area contributed by atoms with Crippen molar-refractivity contribution in [3.63, 3.8) is 0 Å². The molecule has 0 unspecified atom stereocenters. The minimum atomic E-state index is -0.356. The standard InChI is InChI=1S/C12H12FN3O/c1-16-7-6-14-11(16)8-15-12(17)9-2-4-10(13)5-3-9/h2-7H,8H2,1H3,(H,15,17). The van der Waals surface area contributed by atoms with Crippen molar-refractivity contribution < 1.29 is 9.18 Å². The fraction of sp³-hybridized carbons (Fsp3) is 0.167. The van der Waals surface area contributed by atoms with Crippen LogP contribution in [0.1, 0.15) is 16.2 Å². The van der Waals surface area contributed by atoms with E-state index in [1.165, 1.54) is 24.3 Å². The smallest absolute Gasteiger partial charge is 0.251 e. The van der Waals surface area contributed by atoms with Gasteiger partial charge in [0.15, 0.2) is 0 Å². The minimum Gasteiger partial charge on any atom is -0.345 e. The Morgan fingerprint density at radius 2 is 2.12 bits per heavy atom. The topological polar surface area (TPSA) is 46.9 Å². The van der Waals surface area contributed by atoms with Gasteiger partial charge in [0.25, 0.3) is 5.91 Å². The van der Waals surface area contributed by atoms with E-state index in [9.17, 15) is 9.18 Å². The van der Waals surface area contributed by atoms with Crippen molar-refractivity contribution in [2.45, 2.75) is 6.54 Å². The lowest BCUT2D eigenvalue weighted by Gasteiger charge is -2.05. The second kappa shape index (κ2) is 4.78. The number of aryl methyl sites for hydroxylation is 1. The predicted molar refractivity (Wildman–Crippen MR) is 60.8 cm³/mol. The normalized spacial score (nSPS) is 10.2. The summed E-state index contributed by atoms with van der Waals surface area (Å²) in [7, 11) is 1.85. The maximum absolute atomic E-state index is 12.7. The third kappa shape index (κ3) is 2.69. The number of aromatic nitrogens is 2. The van der Waals surface area contributed by atoms with Gasteiger partial charge in [0, 0.05) is 25.0 Å². The predicted octanol–water partition coefficient (Wildman–Crippen LogP) is 1.49. The van der Waals surface area contributed by atoms with Gasteiger partial charge in [-0.05, 0) is 24.3 Å². The van der Waals surface area contributed by atoms with Crippen LogP contribution >= 0.6 is 0 Å². The average Bonchev–Trinajstić information content (AvgIpc) is 2.73. The summed E-state index contributed by atoms with van der Waals surface area (Å²) in [4.78, 5) is 15.8. The van der Waals surface area contributed by atoms with Crippen molar-refractivity contribution in [3.05, 3.63) is 53.9 Å². The first-order valence-electron chi connectivity index (χ1n) is 5.17. The highest BCUT2D eigenvalue weighted by atomic mass is 19.1. The van der Waals surface area contributed by atoms with E-state index in [1.807, 2.05) is 11.6 Å². The van der Waals surface area contributed by atoms with Crippen LogP contribution in [0.15, 0.2) is 36.7 Å². The first-order valence-corrected chi connectivity index (χ1v) is 5.17. The molecule has 1 amide bonds. The van der Waals surface area contributed by atoms with Crippen LogP contribution in [-0.4, -0.2) is 15.5 Å². The quantitative estimate of drug-likeness (QED) is 0.873. The second-order valence-electron chi connectivity index (χ2n) is 3.64. The first-order chi connectivity index (χ1) is 8.16. The Bertz CT molecular complexity index is 519. The summed E-state index contributed by atoms with van der Waals surface area (Å²) in [5, 5.41) is 2.72. The van der Waals surface area contributed by atoms with Crippen molar-refractivity contribution in [3.8, 4) is 0 Å². The highest BCUT2D eigenvalue weighted by Crippen LogP contribution is 2.03. The monoisotopic (exact) mass is 233 g/mol. The number of halogens is 1. The highest BCUT2D eigenvalue weighted by molar-refractivity contribution is 5.94. The summed E-state index contributed by atoms with van der Waals surface area (Å²) in [6.07, 6.45) is 3.47. The van der Waals surface area contributed by atoms with E-state index in [2.05, 4.69) is 10.3 Å². The third-order valence-corrected chi connectivity index (χ3v) is 2.43. The Morgan fingerprint density at radius 1 is 1.41 bits per heavy atom. The third-order valence-electron chi connectivity index (χ3n) is 2.43. The molecule has 0 aliphatic rings. The second-order valence-corrected chi connectivity index (χ2v) is 3.64. The number of hydrogen-bond acceptors (Lipinski definition) is 2. The number of carbonyl (C=O) groups excluding carboxylic acids is 1. The summed E-state index contributed by atoms with van der Waals surface area (Å²) in [6, 6.07) is 5.41. The fourth-order valence-corrected chi connectivity index (χ4v) is 1.43. The van der Waals surface area contributed by atoms with Crippen LogP contribution in [0, 0.1) is 5.82 Å². The highest BCUT2D eigenvalue weighted by Gasteiger charge is 2.06. The molecule has 0 saturated heterocycles. The number of amides is 1. The zero-order chi connectivity index (χ0) is 12.3. The van der Waals surface area contributed by atoms with Crippen LogP contribution < -0.4 is 5.32 Å². The van der Waals surface area contributed by atoms with Gasteiger partial charge in [0.05, 0.1) is 6.54 Å². The Balaban J connectivity index is 1.98. The Kier molecular flexibility index (Phi) is 3.18. The number of carbonyl (C=O) groups is 1. The molecule has 0 bridgehead atoms. The van der Waals surface area contributed by atoms with Crippen molar-refractivity contribution in [1.29, 1.82) is 0 Å². The van der Waals surface area contributed by atoms with Crippen LogP contribution in [0.2, 0.25) is 0 Å². The average molecular weight is 233 g/mol. The van der Waals surface area contributed by atoms with Gasteiger partial charge in [-0.2, -0.15) is 0 Å². The van der Waals surface area contributed by atoms with Gasteiger partial charge in [-0.15, -0.1) is 0 Å². The fourth-order valence-electron chi connectivity index (χ4n) is 1.43. The van der Waals surface area contributed by atoms with Gasteiger partial charge >= 0.3 is 0 Å². The zero-order valence-corrected chi connectivity index (χ0v) is 9.35. The zero-order valence-electron chi connectivity index (χ0n) is 9.35. The van der Waals surface area contributed by atoms with Crippen LogP contribution in [0.3, 0.4) is 0 Å². The van der Waals surface area contributed by atoms with Crippen LogP contribution in [0.4, 0.5) is 4.39 Å². The van der Waals surface area contributed by atoms with Gasteiger partial charge in [0.2, 0.25) is 0 Å². The summed E-state index contributed by atoms with van der Waals surface area (Å²) >= 11 is 0. The molecule has 5 heteroatoms. The molecular weight excluding hydrogens is 221 g/mol. The maximum atomic E-state index is 12.7.